The molecule has 3 aromatic carbocycles. The molecule has 0 spiro atoms. The molecule has 5 rings (SSSR count). The Balaban J connectivity index is 1.45. The van der Waals surface area contributed by atoms with Gasteiger partial charge in [-0.1, -0.05) is 88.6 Å². The first-order valence-electron chi connectivity index (χ1n) is 15.2. The lowest BCUT2D eigenvalue weighted by atomic mass is 9.80. The van der Waals surface area contributed by atoms with Gasteiger partial charge in [-0.2, -0.15) is 0 Å². The molecule has 2 amide bonds. The molecular formula is C36H43FN2O2. The molecule has 3 aromatic rings. The van der Waals surface area contributed by atoms with Gasteiger partial charge in [-0.15, -0.1) is 0 Å². The van der Waals surface area contributed by atoms with Crippen LogP contribution in [0.3, 0.4) is 0 Å². The van der Waals surface area contributed by atoms with Crippen molar-refractivity contribution in [2.24, 2.45) is 11.8 Å². The molecule has 5 heteroatoms. The highest BCUT2D eigenvalue weighted by Gasteiger charge is 2.40. The summed E-state index contributed by atoms with van der Waals surface area (Å²) in [7, 11) is 0. The highest BCUT2D eigenvalue weighted by atomic mass is 19.1. The minimum absolute atomic E-state index is 0.0463. The van der Waals surface area contributed by atoms with Gasteiger partial charge >= 0.3 is 0 Å². The summed E-state index contributed by atoms with van der Waals surface area (Å²) in [5.74, 6) is -0.607. The fraction of sp³-hybridized carbons (Fsp3) is 0.444. The van der Waals surface area contributed by atoms with Crippen molar-refractivity contribution in [1.82, 2.24) is 4.90 Å². The van der Waals surface area contributed by atoms with Crippen molar-refractivity contribution in [3.05, 3.63) is 100 Å². The average Bonchev–Trinajstić information content (AvgIpc) is 2.91. The SMILES string of the molecule is Cc1cccc(F)c1C(=O)N1CCC[C@H](C(=O)Nc2cccc(C(C)(C)C)c2)[C@@H]1c1ccc(CCC2CCC2)cc1. The highest BCUT2D eigenvalue weighted by Crippen LogP contribution is 2.39. The van der Waals surface area contributed by atoms with Gasteiger partial charge in [0.15, 0.2) is 0 Å². The van der Waals surface area contributed by atoms with E-state index < -0.39 is 17.8 Å². The van der Waals surface area contributed by atoms with Gasteiger partial charge in [-0.25, -0.2) is 4.39 Å². The summed E-state index contributed by atoms with van der Waals surface area (Å²) in [6, 6.07) is 20.6. The van der Waals surface area contributed by atoms with Gasteiger partial charge in [0.25, 0.3) is 5.91 Å². The monoisotopic (exact) mass is 554 g/mol. The Morgan fingerprint density at radius 3 is 2.34 bits per heavy atom. The van der Waals surface area contributed by atoms with Gasteiger partial charge in [0.2, 0.25) is 5.91 Å². The standard InChI is InChI=1S/C36H43FN2O2/c1-24-9-5-15-31(37)32(24)35(41)39-22-8-14-30(34(40)38-29-13-7-12-28(23-29)36(2,3)4)33(39)27-20-18-26(19-21-27)17-16-25-10-6-11-25/h5,7,9,12-13,15,18-21,23,25,30,33H,6,8,10-11,14,16-17,22H2,1-4H3,(H,38,40)/t30-,33-/m0/s1. The summed E-state index contributed by atoms with van der Waals surface area (Å²) in [5.41, 5.74) is 4.73. The summed E-state index contributed by atoms with van der Waals surface area (Å²) < 4.78 is 15.0. The third-order valence-electron chi connectivity index (χ3n) is 9.05. The Kier molecular flexibility index (Phi) is 8.63. The maximum Gasteiger partial charge on any atom is 0.257 e. The molecule has 216 valence electrons. The highest BCUT2D eigenvalue weighted by molar-refractivity contribution is 5.98. The number of nitrogens with zero attached hydrogens (tertiary/aromatic N) is 1. The predicted octanol–water partition coefficient (Wildman–Crippen LogP) is 8.40. The fourth-order valence-electron chi connectivity index (χ4n) is 6.29. The van der Waals surface area contributed by atoms with E-state index in [2.05, 4.69) is 56.4 Å². The lowest BCUT2D eigenvalue weighted by molar-refractivity contribution is -0.123. The molecule has 1 saturated heterocycles. The van der Waals surface area contributed by atoms with Gasteiger partial charge in [-0.3, -0.25) is 9.59 Å². The summed E-state index contributed by atoms with van der Waals surface area (Å²) in [6.07, 6.45) is 7.60. The second-order valence-electron chi connectivity index (χ2n) is 13.0. The Hall–Kier alpha value is -3.47. The van der Waals surface area contributed by atoms with Gasteiger partial charge in [0.05, 0.1) is 17.5 Å². The predicted molar refractivity (Wildman–Crippen MR) is 164 cm³/mol. The third-order valence-corrected chi connectivity index (χ3v) is 9.05. The number of halogens is 1. The molecular weight excluding hydrogens is 511 g/mol. The number of piperidine rings is 1. The number of aryl methyl sites for hydroxylation is 2. The smallest absolute Gasteiger partial charge is 0.257 e. The second-order valence-corrected chi connectivity index (χ2v) is 13.0. The quantitative estimate of drug-likeness (QED) is 0.319. The Bertz CT molecular complexity index is 1370. The number of benzene rings is 3. The number of rotatable bonds is 7. The summed E-state index contributed by atoms with van der Waals surface area (Å²) in [6.45, 7) is 8.68. The lowest BCUT2D eigenvalue weighted by Gasteiger charge is -2.41. The van der Waals surface area contributed by atoms with Crippen molar-refractivity contribution in [2.75, 3.05) is 11.9 Å². The van der Waals surface area contributed by atoms with E-state index in [0.717, 1.165) is 29.2 Å². The minimum atomic E-state index is -0.523. The van der Waals surface area contributed by atoms with Crippen LogP contribution < -0.4 is 5.32 Å². The van der Waals surface area contributed by atoms with Crippen LogP contribution in [-0.2, 0) is 16.6 Å². The minimum Gasteiger partial charge on any atom is -0.331 e. The molecule has 1 aliphatic carbocycles. The number of hydrogen-bond acceptors (Lipinski definition) is 2. The first kappa shape index (κ1) is 29.0. The Morgan fingerprint density at radius 1 is 0.951 bits per heavy atom. The van der Waals surface area contributed by atoms with Gasteiger partial charge < -0.3 is 10.2 Å². The number of amides is 2. The fourth-order valence-corrected chi connectivity index (χ4v) is 6.29. The van der Waals surface area contributed by atoms with Crippen molar-refractivity contribution >= 4 is 17.5 Å². The third kappa shape index (κ3) is 6.55. The topological polar surface area (TPSA) is 49.4 Å². The normalized spacial score (nSPS) is 19.5. The molecule has 2 aliphatic rings. The van der Waals surface area contributed by atoms with E-state index >= 15 is 0 Å². The molecule has 2 fully saturated rings. The Morgan fingerprint density at radius 2 is 1.68 bits per heavy atom. The number of nitrogens with one attached hydrogen (secondary N) is 1. The van der Waals surface area contributed by atoms with Crippen molar-refractivity contribution in [3.8, 4) is 0 Å². The van der Waals surface area contributed by atoms with E-state index in [-0.39, 0.29) is 22.8 Å². The van der Waals surface area contributed by atoms with E-state index in [1.54, 1.807) is 24.0 Å². The Labute approximate surface area is 244 Å². The van der Waals surface area contributed by atoms with Gasteiger partial charge in [-0.05, 0) is 84.4 Å². The maximum absolute atomic E-state index is 15.0. The molecule has 4 nitrogen and oxygen atoms in total. The molecule has 0 unspecified atom stereocenters. The first-order chi connectivity index (χ1) is 19.6. The largest absolute Gasteiger partial charge is 0.331 e. The molecule has 41 heavy (non-hydrogen) atoms. The zero-order chi connectivity index (χ0) is 29.1. The van der Waals surface area contributed by atoms with Crippen LogP contribution in [0.15, 0.2) is 66.7 Å². The van der Waals surface area contributed by atoms with E-state index in [1.807, 2.05) is 18.2 Å². The van der Waals surface area contributed by atoms with Crippen LogP contribution in [0, 0.1) is 24.6 Å². The number of hydrogen-bond donors (Lipinski definition) is 1. The summed E-state index contributed by atoms with van der Waals surface area (Å²) >= 11 is 0. The molecule has 0 aromatic heterocycles. The maximum atomic E-state index is 15.0. The van der Waals surface area contributed by atoms with Crippen molar-refractivity contribution in [3.63, 3.8) is 0 Å². The van der Waals surface area contributed by atoms with E-state index in [9.17, 15) is 14.0 Å². The van der Waals surface area contributed by atoms with Crippen LogP contribution >= 0.6 is 0 Å². The molecule has 0 radical (unpaired) electrons. The zero-order valence-corrected chi connectivity index (χ0v) is 24.9. The number of carbonyl (C=O) groups is 2. The molecule has 1 saturated carbocycles. The average molecular weight is 555 g/mol. The van der Waals surface area contributed by atoms with Crippen LogP contribution in [-0.4, -0.2) is 23.3 Å². The van der Waals surface area contributed by atoms with Crippen molar-refractivity contribution < 1.29 is 14.0 Å². The zero-order valence-electron chi connectivity index (χ0n) is 24.9. The number of anilines is 1. The summed E-state index contributed by atoms with van der Waals surface area (Å²) in [4.78, 5) is 29.6. The number of likely N-dealkylation sites (tertiary alicyclic amines) is 1. The van der Waals surface area contributed by atoms with Crippen LogP contribution in [0.5, 0.6) is 0 Å². The lowest BCUT2D eigenvalue weighted by Crippen LogP contribution is -2.46. The molecule has 0 bridgehead atoms. The number of carbonyl (C=O) groups excluding carboxylic acids is 2. The van der Waals surface area contributed by atoms with Crippen molar-refractivity contribution in [1.29, 1.82) is 0 Å². The van der Waals surface area contributed by atoms with Gasteiger partial charge in [0.1, 0.15) is 5.82 Å². The molecule has 1 aliphatic heterocycles. The van der Waals surface area contributed by atoms with E-state index in [0.29, 0.717) is 24.9 Å². The summed E-state index contributed by atoms with van der Waals surface area (Å²) in [5, 5.41) is 3.15. The van der Waals surface area contributed by atoms with Gasteiger partial charge in [0, 0.05) is 12.2 Å². The van der Waals surface area contributed by atoms with Crippen LogP contribution in [0.25, 0.3) is 0 Å². The molecule has 2 atom stereocenters. The van der Waals surface area contributed by atoms with Crippen LogP contribution in [0.1, 0.15) is 97.9 Å². The van der Waals surface area contributed by atoms with Crippen molar-refractivity contribution in [2.45, 2.75) is 84.1 Å². The molecule has 1 N–H and O–H groups in total. The van der Waals surface area contributed by atoms with Crippen LogP contribution in [0.2, 0.25) is 0 Å². The van der Waals surface area contributed by atoms with Crippen LogP contribution in [0.4, 0.5) is 10.1 Å². The van der Waals surface area contributed by atoms with E-state index in [4.69, 9.17) is 0 Å². The van der Waals surface area contributed by atoms with E-state index in [1.165, 1.54) is 37.3 Å². The second kappa shape index (κ2) is 12.2. The molecule has 1 heterocycles. The first-order valence-corrected chi connectivity index (χ1v) is 15.2.